The lowest BCUT2D eigenvalue weighted by atomic mass is 9.92. The molecule has 0 atom stereocenters. The number of nitrogens with zero attached hydrogens (tertiary/aromatic N) is 2. The van der Waals surface area contributed by atoms with E-state index in [0.29, 0.717) is 0 Å². The van der Waals surface area contributed by atoms with Crippen molar-refractivity contribution in [2.24, 2.45) is 0 Å². The fourth-order valence-corrected chi connectivity index (χ4v) is 7.99. The molecule has 8 aromatic carbocycles. The molecule has 0 radical (unpaired) electrons. The van der Waals surface area contributed by atoms with Crippen molar-refractivity contribution in [3.05, 3.63) is 194 Å². The maximum absolute atomic E-state index is 2.50. The highest BCUT2D eigenvalue weighted by Gasteiger charge is 2.21. The van der Waals surface area contributed by atoms with Crippen LogP contribution in [0.15, 0.2) is 194 Å². The van der Waals surface area contributed by atoms with Crippen LogP contribution in [0.3, 0.4) is 0 Å². The van der Waals surface area contributed by atoms with Gasteiger partial charge in [-0.25, -0.2) is 0 Å². The first-order chi connectivity index (χ1) is 24.8. The summed E-state index contributed by atoms with van der Waals surface area (Å²) in [6, 6.07) is 70.4. The van der Waals surface area contributed by atoms with Gasteiger partial charge in [-0.05, 0) is 58.7 Å². The second kappa shape index (κ2) is 11.5. The van der Waals surface area contributed by atoms with Crippen LogP contribution in [0.5, 0.6) is 0 Å². The standard InChI is InChI=1S/C48H32N2/c1-3-15-33(16-4-1)37-22-14-28-46(47(37)35-17-5-2-6-18-35)50-45-27-12-9-21-41(45)42-24-13-23-38(48(42)50)34-29-31-36(32-30-34)49-43-25-10-7-19-39(43)40-20-8-11-26-44(40)49/h1-32H. The molecule has 0 aliphatic heterocycles. The zero-order valence-electron chi connectivity index (χ0n) is 27.4. The van der Waals surface area contributed by atoms with Crippen LogP contribution < -0.4 is 0 Å². The van der Waals surface area contributed by atoms with E-state index in [1.54, 1.807) is 0 Å². The van der Waals surface area contributed by atoms with Gasteiger partial charge in [0.05, 0.1) is 27.8 Å². The van der Waals surface area contributed by atoms with Gasteiger partial charge < -0.3 is 9.13 Å². The van der Waals surface area contributed by atoms with Gasteiger partial charge in [0.1, 0.15) is 0 Å². The first-order valence-electron chi connectivity index (χ1n) is 17.2. The molecule has 0 aliphatic carbocycles. The second-order valence-corrected chi connectivity index (χ2v) is 12.9. The Balaban J connectivity index is 1.23. The smallest absolute Gasteiger partial charge is 0.0619 e. The van der Waals surface area contributed by atoms with E-state index in [9.17, 15) is 0 Å². The van der Waals surface area contributed by atoms with Gasteiger partial charge in [0.15, 0.2) is 0 Å². The number of benzene rings is 8. The van der Waals surface area contributed by atoms with E-state index in [0.717, 1.165) is 11.4 Å². The third-order valence-electron chi connectivity index (χ3n) is 10.1. The largest absolute Gasteiger partial charge is 0.309 e. The Hall–Kier alpha value is -6.64. The Morgan fingerprint density at radius 2 is 0.740 bits per heavy atom. The zero-order valence-corrected chi connectivity index (χ0v) is 27.4. The summed E-state index contributed by atoms with van der Waals surface area (Å²) in [7, 11) is 0. The van der Waals surface area contributed by atoms with Gasteiger partial charge in [0.25, 0.3) is 0 Å². The quantitative estimate of drug-likeness (QED) is 0.178. The molecule has 0 saturated carbocycles. The minimum Gasteiger partial charge on any atom is -0.309 e. The van der Waals surface area contributed by atoms with Gasteiger partial charge in [0, 0.05) is 38.4 Å². The van der Waals surface area contributed by atoms with Gasteiger partial charge in [-0.3, -0.25) is 0 Å². The van der Waals surface area contributed by atoms with Crippen molar-refractivity contribution in [2.75, 3.05) is 0 Å². The molecule has 10 rings (SSSR count). The average Bonchev–Trinajstić information content (AvgIpc) is 3.72. The monoisotopic (exact) mass is 636 g/mol. The van der Waals surface area contributed by atoms with E-state index < -0.39 is 0 Å². The fraction of sp³-hybridized carbons (Fsp3) is 0. The molecule has 2 nitrogen and oxygen atoms in total. The third kappa shape index (κ3) is 4.36. The molecule has 0 aliphatic rings. The van der Waals surface area contributed by atoms with Crippen LogP contribution in [0.25, 0.3) is 88.4 Å². The Kier molecular flexibility index (Phi) is 6.53. The Labute approximate surface area is 290 Å². The second-order valence-electron chi connectivity index (χ2n) is 12.9. The van der Waals surface area contributed by atoms with Crippen molar-refractivity contribution in [2.45, 2.75) is 0 Å². The summed E-state index contributed by atoms with van der Waals surface area (Å²) >= 11 is 0. The zero-order chi connectivity index (χ0) is 33.0. The van der Waals surface area contributed by atoms with Crippen LogP contribution in [0.1, 0.15) is 0 Å². The lowest BCUT2D eigenvalue weighted by Gasteiger charge is -2.19. The molecule has 0 bridgehead atoms. The van der Waals surface area contributed by atoms with Crippen LogP contribution >= 0.6 is 0 Å². The van der Waals surface area contributed by atoms with E-state index in [1.165, 1.54) is 77.0 Å². The number of aromatic nitrogens is 2. The number of para-hydroxylation sites is 4. The number of rotatable bonds is 5. The number of fused-ring (bicyclic) bond motifs is 6. The molecule has 0 spiro atoms. The van der Waals surface area contributed by atoms with Crippen molar-refractivity contribution < 1.29 is 0 Å². The molecule has 2 heterocycles. The molecule has 0 unspecified atom stereocenters. The van der Waals surface area contributed by atoms with Gasteiger partial charge >= 0.3 is 0 Å². The molecular formula is C48H32N2. The fourth-order valence-electron chi connectivity index (χ4n) is 7.99. The first kappa shape index (κ1) is 28.4. The first-order valence-corrected chi connectivity index (χ1v) is 17.2. The third-order valence-corrected chi connectivity index (χ3v) is 10.1. The highest BCUT2D eigenvalue weighted by atomic mass is 15.0. The molecule has 50 heavy (non-hydrogen) atoms. The van der Waals surface area contributed by atoms with E-state index in [1.807, 2.05) is 0 Å². The van der Waals surface area contributed by atoms with Crippen molar-refractivity contribution in [3.63, 3.8) is 0 Å². The van der Waals surface area contributed by atoms with Crippen LogP contribution in [0.4, 0.5) is 0 Å². The topological polar surface area (TPSA) is 9.86 Å². The Morgan fingerprint density at radius 3 is 1.38 bits per heavy atom. The lowest BCUT2D eigenvalue weighted by Crippen LogP contribution is -2.00. The average molecular weight is 637 g/mol. The summed E-state index contributed by atoms with van der Waals surface area (Å²) in [5.74, 6) is 0. The van der Waals surface area contributed by atoms with Gasteiger partial charge in [-0.1, -0.05) is 158 Å². The summed E-state index contributed by atoms with van der Waals surface area (Å²) in [5.41, 5.74) is 14.4. The Bertz CT molecular complexity index is 2790. The minimum absolute atomic E-state index is 1.15. The summed E-state index contributed by atoms with van der Waals surface area (Å²) in [6.45, 7) is 0. The molecule has 0 amide bonds. The highest BCUT2D eigenvalue weighted by Crippen LogP contribution is 2.43. The maximum Gasteiger partial charge on any atom is 0.0619 e. The molecule has 10 aromatic rings. The lowest BCUT2D eigenvalue weighted by molar-refractivity contribution is 1.18. The van der Waals surface area contributed by atoms with Crippen LogP contribution in [-0.4, -0.2) is 9.13 Å². The molecule has 2 aromatic heterocycles. The number of hydrogen-bond acceptors (Lipinski definition) is 0. The summed E-state index contributed by atoms with van der Waals surface area (Å²) in [6.07, 6.45) is 0. The normalized spacial score (nSPS) is 11.6. The molecule has 2 heteroatoms. The molecule has 0 saturated heterocycles. The van der Waals surface area contributed by atoms with E-state index in [2.05, 4.69) is 203 Å². The predicted molar refractivity (Wildman–Crippen MR) is 211 cm³/mol. The summed E-state index contributed by atoms with van der Waals surface area (Å²) < 4.78 is 4.88. The summed E-state index contributed by atoms with van der Waals surface area (Å²) in [5, 5.41) is 5.03. The molecule has 0 N–H and O–H groups in total. The van der Waals surface area contributed by atoms with E-state index in [-0.39, 0.29) is 0 Å². The van der Waals surface area contributed by atoms with Crippen molar-refractivity contribution in [1.82, 2.24) is 9.13 Å². The Morgan fingerprint density at radius 1 is 0.280 bits per heavy atom. The molecule has 234 valence electrons. The van der Waals surface area contributed by atoms with Crippen molar-refractivity contribution in [1.29, 1.82) is 0 Å². The van der Waals surface area contributed by atoms with Gasteiger partial charge in [0.2, 0.25) is 0 Å². The summed E-state index contributed by atoms with van der Waals surface area (Å²) in [4.78, 5) is 0. The predicted octanol–water partition coefficient (Wildman–Crippen LogP) is 12.9. The van der Waals surface area contributed by atoms with Crippen LogP contribution in [0.2, 0.25) is 0 Å². The SMILES string of the molecule is c1ccc(-c2cccc(-n3c4ccccc4c4cccc(-c5ccc(-n6c7ccccc7c7ccccc76)cc5)c43)c2-c2ccccc2)cc1. The van der Waals surface area contributed by atoms with Crippen LogP contribution in [0, 0.1) is 0 Å². The maximum atomic E-state index is 2.50. The van der Waals surface area contributed by atoms with Crippen molar-refractivity contribution >= 4 is 43.6 Å². The van der Waals surface area contributed by atoms with E-state index in [4.69, 9.17) is 0 Å². The number of hydrogen-bond donors (Lipinski definition) is 0. The van der Waals surface area contributed by atoms with Crippen molar-refractivity contribution in [3.8, 4) is 44.8 Å². The highest BCUT2D eigenvalue weighted by molar-refractivity contribution is 6.15. The molecule has 0 fully saturated rings. The molecular weight excluding hydrogens is 605 g/mol. The van der Waals surface area contributed by atoms with Gasteiger partial charge in [-0.15, -0.1) is 0 Å². The van der Waals surface area contributed by atoms with E-state index >= 15 is 0 Å². The van der Waals surface area contributed by atoms with Gasteiger partial charge in [-0.2, -0.15) is 0 Å². The van der Waals surface area contributed by atoms with Crippen LogP contribution in [-0.2, 0) is 0 Å². The minimum atomic E-state index is 1.15.